The normalized spacial score (nSPS) is 13.2. The predicted molar refractivity (Wildman–Crippen MR) is 73.5 cm³/mol. The highest BCUT2D eigenvalue weighted by molar-refractivity contribution is 5.96. The third-order valence-electron chi connectivity index (χ3n) is 2.94. The SMILES string of the molecule is CCc1ccc(O)c(NC(=O)[C@H](N)C(C)(C)C)c1. The number of nitrogens with two attached hydrogens (primary N) is 1. The second kappa shape index (κ2) is 5.40. The summed E-state index contributed by atoms with van der Waals surface area (Å²) < 4.78 is 0. The lowest BCUT2D eigenvalue weighted by Crippen LogP contribution is -2.45. The van der Waals surface area contributed by atoms with Crippen molar-refractivity contribution in [3.8, 4) is 5.75 Å². The van der Waals surface area contributed by atoms with Crippen LogP contribution in [0.2, 0.25) is 0 Å². The van der Waals surface area contributed by atoms with Crippen LogP contribution in [-0.2, 0) is 11.2 Å². The van der Waals surface area contributed by atoms with Gasteiger partial charge >= 0.3 is 0 Å². The number of carbonyl (C=O) groups is 1. The van der Waals surface area contributed by atoms with Crippen molar-refractivity contribution in [3.05, 3.63) is 23.8 Å². The summed E-state index contributed by atoms with van der Waals surface area (Å²) >= 11 is 0. The first-order valence-corrected chi connectivity index (χ1v) is 6.14. The fourth-order valence-corrected chi connectivity index (χ4v) is 1.51. The van der Waals surface area contributed by atoms with E-state index in [0.717, 1.165) is 12.0 Å². The molecule has 0 saturated carbocycles. The van der Waals surface area contributed by atoms with Crippen molar-refractivity contribution in [2.24, 2.45) is 11.1 Å². The van der Waals surface area contributed by atoms with Crippen LogP contribution < -0.4 is 11.1 Å². The molecule has 0 fully saturated rings. The Hall–Kier alpha value is -1.55. The standard InChI is InChI=1S/C14H22N2O2/c1-5-9-6-7-11(17)10(8-9)16-13(18)12(15)14(2,3)4/h6-8,12,17H,5,15H2,1-4H3,(H,16,18)/t12-/m0/s1. The third-order valence-corrected chi connectivity index (χ3v) is 2.94. The monoisotopic (exact) mass is 250 g/mol. The molecular formula is C14H22N2O2. The first kappa shape index (κ1) is 14.5. The minimum Gasteiger partial charge on any atom is -0.506 e. The Morgan fingerprint density at radius 2 is 2.06 bits per heavy atom. The zero-order valence-electron chi connectivity index (χ0n) is 11.4. The van der Waals surface area contributed by atoms with Gasteiger partial charge in [0.25, 0.3) is 0 Å². The average Bonchev–Trinajstić information content (AvgIpc) is 2.29. The first-order chi connectivity index (χ1) is 8.25. The van der Waals surface area contributed by atoms with Gasteiger partial charge < -0.3 is 16.2 Å². The van der Waals surface area contributed by atoms with Gasteiger partial charge in [-0.05, 0) is 29.5 Å². The van der Waals surface area contributed by atoms with E-state index in [-0.39, 0.29) is 17.1 Å². The van der Waals surface area contributed by atoms with Crippen molar-refractivity contribution in [1.29, 1.82) is 0 Å². The topological polar surface area (TPSA) is 75.3 Å². The van der Waals surface area contributed by atoms with E-state index in [0.29, 0.717) is 5.69 Å². The molecule has 0 spiro atoms. The first-order valence-electron chi connectivity index (χ1n) is 6.14. The molecule has 0 aromatic heterocycles. The molecule has 4 nitrogen and oxygen atoms in total. The minimum atomic E-state index is -0.623. The van der Waals surface area contributed by atoms with E-state index < -0.39 is 6.04 Å². The number of aromatic hydroxyl groups is 1. The van der Waals surface area contributed by atoms with Gasteiger partial charge in [-0.2, -0.15) is 0 Å². The van der Waals surface area contributed by atoms with Crippen molar-refractivity contribution < 1.29 is 9.90 Å². The number of amides is 1. The summed E-state index contributed by atoms with van der Waals surface area (Å²) in [5.41, 5.74) is 7.02. The van der Waals surface area contributed by atoms with Gasteiger partial charge in [0.05, 0.1) is 11.7 Å². The van der Waals surface area contributed by atoms with Crippen molar-refractivity contribution in [2.45, 2.75) is 40.2 Å². The van der Waals surface area contributed by atoms with Crippen LogP contribution in [-0.4, -0.2) is 17.1 Å². The van der Waals surface area contributed by atoms with E-state index in [1.807, 2.05) is 33.8 Å². The van der Waals surface area contributed by atoms with E-state index in [2.05, 4.69) is 5.32 Å². The fraction of sp³-hybridized carbons (Fsp3) is 0.500. The van der Waals surface area contributed by atoms with Crippen LogP contribution in [0, 0.1) is 5.41 Å². The van der Waals surface area contributed by atoms with Crippen LogP contribution in [0.15, 0.2) is 18.2 Å². The number of phenols is 1. The Kier molecular flexibility index (Phi) is 4.35. The molecular weight excluding hydrogens is 228 g/mol. The molecule has 100 valence electrons. The Balaban J connectivity index is 2.88. The molecule has 4 heteroatoms. The zero-order valence-corrected chi connectivity index (χ0v) is 11.4. The lowest BCUT2D eigenvalue weighted by atomic mass is 9.87. The van der Waals surface area contributed by atoms with E-state index in [1.165, 1.54) is 0 Å². The number of anilines is 1. The highest BCUT2D eigenvalue weighted by Crippen LogP contribution is 2.26. The summed E-state index contributed by atoms with van der Waals surface area (Å²) in [4.78, 5) is 12.0. The van der Waals surface area contributed by atoms with Gasteiger partial charge in [-0.15, -0.1) is 0 Å². The third kappa shape index (κ3) is 3.47. The van der Waals surface area contributed by atoms with Crippen molar-refractivity contribution >= 4 is 11.6 Å². The molecule has 0 aliphatic carbocycles. The highest BCUT2D eigenvalue weighted by atomic mass is 16.3. The molecule has 18 heavy (non-hydrogen) atoms. The predicted octanol–water partition coefficient (Wildman–Crippen LogP) is 2.27. The molecule has 0 aliphatic heterocycles. The van der Waals surface area contributed by atoms with Crippen LogP contribution >= 0.6 is 0 Å². The van der Waals surface area contributed by atoms with Gasteiger partial charge in [-0.3, -0.25) is 4.79 Å². The maximum absolute atomic E-state index is 12.0. The Bertz CT molecular complexity index is 436. The summed E-state index contributed by atoms with van der Waals surface area (Å²) in [6.45, 7) is 7.72. The lowest BCUT2D eigenvalue weighted by Gasteiger charge is -2.26. The smallest absolute Gasteiger partial charge is 0.241 e. The maximum Gasteiger partial charge on any atom is 0.241 e. The van der Waals surface area contributed by atoms with Crippen molar-refractivity contribution in [1.82, 2.24) is 0 Å². The molecule has 0 bridgehead atoms. The Morgan fingerprint density at radius 1 is 1.44 bits per heavy atom. The molecule has 0 radical (unpaired) electrons. The molecule has 0 heterocycles. The number of aryl methyl sites for hydroxylation is 1. The van der Waals surface area contributed by atoms with Gasteiger partial charge in [0, 0.05) is 0 Å². The number of nitrogens with one attached hydrogen (secondary N) is 1. The fourth-order valence-electron chi connectivity index (χ4n) is 1.51. The second-order valence-corrected chi connectivity index (χ2v) is 5.54. The second-order valence-electron chi connectivity index (χ2n) is 5.54. The van der Waals surface area contributed by atoms with Crippen LogP contribution in [0.5, 0.6) is 5.75 Å². The minimum absolute atomic E-state index is 0.0571. The van der Waals surface area contributed by atoms with Gasteiger partial charge in [-0.25, -0.2) is 0 Å². The van der Waals surface area contributed by atoms with Crippen LogP contribution in [0.1, 0.15) is 33.3 Å². The number of carbonyl (C=O) groups excluding carboxylic acids is 1. The van der Waals surface area contributed by atoms with E-state index >= 15 is 0 Å². The number of phenolic OH excluding ortho intramolecular Hbond substituents is 1. The van der Waals surface area contributed by atoms with Gasteiger partial charge in [0.1, 0.15) is 5.75 Å². The van der Waals surface area contributed by atoms with Gasteiger partial charge in [0.15, 0.2) is 0 Å². The molecule has 0 aliphatic rings. The number of hydrogen-bond donors (Lipinski definition) is 3. The molecule has 0 unspecified atom stereocenters. The van der Waals surface area contributed by atoms with Crippen molar-refractivity contribution in [2.75, 3.05) is 5.32 Å². The summed E-state index contributed by atoms with van der Waals surface area (Å²) in [5, 5.41) is 12.4. The van der Waals surface area contributed by atoms with Crippen molar-refractivity contribution in [3.63, 3.8) is 0 Å². The largest absolute Gasteiger partial charge is 0.506 e. The van der Waals surface area contributed by atoms with Gasteiger partial charge in [-0.1, -0.05) is 33.8 Å². The Labute approximate surface area is 108 Å². The number of rotatable bonds is 3. The summed E-state index contributed by atoms with van der Waals surface area (Å²) in [5.74, 6) is -0.229. The quantitative estimate of drug-likeness (QED) is 0.720. The number of hydrogen-bond acceptors (Lipinski definition) is 3. The molecule has 1 rings (SSSR count). The molecule has 0 saturated heterocycles. The average molecular weight is 250 g/mol. The molecule has 1 amide bonds. The molecule has 4 N–H and O–H groups in total. The highest BCUT2D eigenvalue weighted by Gasteiger charge is 2.27. The molecule has 1 aromatic rings. The van der Waals surface area contributed by atoms with Crippen LogP contribution in [0.4, 0.5) is 5.69 Å². The number of benzene rings is 1. The summed E-state index contributed by atoms with van der Waals surface area (Å²) in [7, 11) is 0. The molecule has 1 atom stereocenters. The van der Waals surface area contributed by atoms with E-state index in [9.17, 15) is 9.90 Å². The lowest BCUT2D eigenvalue weighted by molar-refractivity contribution is -0.119. The maximum atomic E-state index is 12.0. The van der Waals surface area contributed by atoms with E-state index in [4.69, 9.17) is 5.73 Å². The Morgan fingerprint density at radius 3 is 2.56 bits per heavy atom. The molecule has 1 aromatic carbocycles. The summed E-state index contributed by atoms with van der Waals surface area (Å²) in [6, 6.07) is 4.55. The van der Waals surface area contributed by atoms with Gasteiger partial charge in [0.2, 0.25) is 5.91 Å². The van der Waals surface area contributed by atoms with Crippen LogP contribution in [0.25, 0.3) is 0 Å². The van der Waals surface area contributed by atoms with E-state index in [1.54, 1.807) is 12.1 Å². The zero-order chi connectivity index (χ0) is 13.9. The summed E-state index contributed by atoms with van der Waals surface area (Å²) in [6.07, 6.45) is 0.842. The van der Waals surface area contributed by atoms with Crippen LogP contribution in [0.3, 0.4) is 0 Å².